The highest BCUT2D eigenvalue weighted by Gasteiger charge is 2.20. The first-order valence-electron chi connectivity index (χ1n) is 6.60. The Labute approximate surface area is 128 Å². The number of rotatable bonds is 8. The molecule has 1 aromatic heterocycles. The molecule has 2 rings (SSSR count). The predicted octanol–water partition coefficient (Wildman–Crippen LogP) is 1.77. The number of nitrogens with zero attached hydrogens (tertiary/aromatic N) is 2. The van der Waals surface area contributed by atoms with Crippen molar-refractivity contribution in [3.05, 3.63) is 47.2 Å². The molecule has 1 atom stereocenters. The molecule has 0 aliphatic rings. The summed E-state index contributed by atoms with van der Waals surface area (Å²) in [7, 11) is 1.64. The molecule has 6 nitrogen and oxygen atoms in total. The number of hydrazine groups is 1. The number of nitrogens with one attached hydrogen (secondary N) is 1. The van der Waals surface area contributed by atoms with Crippen LogP contribution in [-0.2, 0) is 11.3 Å². The van der Waals surface area contributed by atoms with Crippen LogP contribution < -0.4 is 16.0 Å². The fraction of sp³-hybridized carbons (Fsp3) is 0.357. The van der Waals surface area contributed by atoms with Gasteiger partial charge in [-0.3, -0.25) is 10.5 Å². The average Bonchev–Trinajstić information content (AvgIpc) is 2.88. The van der Waals surface area contributed by atoms with Crippen molar-refractivity contribution in [2.45, 2.75) is 12.6 Å². The van der Waals surface area contributed by atoms with Gasteiger partial charge in [-0.05, 0) is 12.1 Å². The highest BCUT2D eigenvalue weighted by Crippen LogP contribution is 2.23. The largest absolute Gasteiger partial charge is 0.491 e. The molecular weight excluding hydrogens is 292 g/mol. The van der Waals surface area contributed by atoms with Crippen LogP contribution in [0.4, 0.5) is 0 Å². The van der Waals surface area contributed by atoms with E-state index in [0.717, 1.165) is 11.4 Å². The summed E-state index contributed by atoms with van der Waals surface area (Å²) >= 11 is 6.20. The van der Waals surface area contributed by atoms with Crippen LogP contribution in [0.15, 0.2) is 36.5 Å². The van der Waals surface area contributed by atoms with Crippen LogP contribution in [0.5, 0.6) is 5.75 Å². The van der Waals surface area contributed by atoms with Crippen molar-refractivity contribution >= 4 is 11.6 Å². The SMILES string of the molecule is COCCn1ncc(Cl)c1C(COc1ccccc1)NN. The minimum Gasteiger partial charge on any atom is -0.491 e. The molecule has 21 heavy (non-hydrogen) atoms. The Morgan fingerprint density at radius 3 is 2.81 bits per heavy atom. The second-order valence-corrected chi connectivity index (χ2v) is 4.84. The van der Waals surface area contributed by atoms with Crippen LogP contribution in [0.1, 0.15) is 11.7 Å². The van der Waals surface area contributed by atoms with Crippen LogP contribution in [0.25, 0.3) is 0 Å². The predicted molar refractivity (Wildman–Crippen MR) is 81.1 cm³/mol. The first kappa shape index (κ1) is 15.8. The van der Waals surface area contributed by atoms with Gasteiger partial charge >= 0.3 is 0 Å². The standard InChI is InChI=1S/C14H19ClN4O2/c1-20-8-7-19-14(12(15)9-17-19)13(18-16)10-21-11-5-3-2-4-6-11/h2-6,9,13,18H,7-8,10,16H2,1H3. The van der Waals surface area contributed by atoms with Crippen molar-refractivity contribution in [1.82, 2.24) is 15.2 Å². The van der Waals surface area contributed by atoms with Gasteiger partial charge < -0.3 is 9.47 Å². The maximum atomic E-state index is 6.20. The monoisotopic (exact) mass is 310 g/mol. The minimum absolute atomic E-state index is 0.267. The van der Waals surface area contributed by atoms with E-state index in [0.29, 0.717) is 24.8 Å². The number of hydrogen-bond donors (Lipinski definition) is 2. The Morgan fingerprint density at radius 2 is 2.14 bits per heavy atom. The second kappa shape index (κ2) is 7.99. The second-order valence-electron chi connectivity index (χ2n) is 4.44. The Hall–Kier alpha value is -1.60. The number of para-hydroxylation sites is 1. The highest BCUT2D eigenvalue weighted by molar-refractivity contribution is 6.31. The van der Waals surface area contributed by atoms with E-state index in [-0.39, 0.29) is 6.04 Å². The van der Waals surface area contributed by atoms with Crippen LogP contribution >= 0.6 is 11.6 Å². The zero-order valence-electron chi connectivity index (χ0n) is 11.8. The van der Waals surface area contributed by atoms with Crippen LogP contribution in [0.3, 0.4) is 0 Å². The summed E-state index contributed by atoms with van der Waals surface area (Å²) in [6, 6.07) is 9.26. The van der Waals surface area contributed by atoms with Gasteiger partial charge in [-0.1, -0.05) is 29.8 Å². The lowest BCUT2D eigenvalue weighted by Crippen LogP contribution is -2.34. The number of benzene rings is 1. The Balaban J connectivity index is 2.08. The molecule has 0 aliphatic heterocycles. The number of methoxy groups -OCH3 is 1. The molecule has 3 N–H and O–H groups in total. The average molecular weight is 311 g/mol. The van der Waals surface area contributed by atoms with E-state index < -0.39 is 0 Å². The summed E-state index contributed by atoms with van der Waals surface area (Å²) in [5.41, 5.74) is 3.51. The Kier molecular flexibility index (Phi) is 6.01. The van der Waals surface area contributed by atoms with Gasteiger partial charge in [0.1, 0.15) is 12.4 Å². The summed E-state index contributed by atoms with van der Waals surface area (Å²) in [5, 5.41) is 4.78. The number of ether oxygens (including phenoxy) is 2. The Bertz CT molecular complexity index is 547. The first-order chi connectivity index (χ1) is 10.3. The van der Waals surface area contributed by atoms with Gasteiger partial charge in [0, 0.05) is 7.11 Å². The summed E-state index contributed by atoms with van der Waals surface area (Å²) in [5.74, 6) is 6.41. The van der Waals surface area contributed by atoms with Gasteiger partial charge in [-0.2, -0.15) is 5.10 Å². The smallest absolute Gasteiger partial charge is 0.119 e. The quantitative estimate of drug-likeness (QED) is 0.574. The van der Waals surface area contributed by atoms with Gasteiger partial charge in [-0.25, -0.2) is 5.43 Å². The third kappa shape index (κ3) is 4.18. The van der Waals surface area contributed by atoms with Gasteiger partial charge in [-0.15, -0.1) is 0 Å². The molecule has 0 aliphatic carbocycles. The van der Waals surface area contributed by atoms with Crippen molar-refractivity contribution < 1.29 is 9.47 Å². The molecule has 114 valence electrons. The molecule has 2 aromatic rings. The lowest BCUT2D eigenvalue weighted by molar-refractivity contribution is 0.179. The van der Waals surface area contributed by atoms with E-state index in [9.17, 15) is 0 Å². The Morgan fingerprint density at radius 1 is 1.38 bits per heavy atom. The fourth-order valence-corrected chi connectivity index (χ4v) is 2.25. The third-order valence-corrected chi connectivity index (χ3v) is 3.32. The number of nitrogens with two attached hydrogens (primary N) is 1. The zero-order chi connectivity index (χ0) is 15.1. The van der Waals surface area contributed by atoms with Crippen molar-refractivity contribution in [2.75, 3.05) is 20.3 Å². The number of hydrogen-bond acceptors (Lipinski definition) is 5. The molecule has 0 amide bonds. The zero-order valence-corrected chi connectivity index (χ0v) is 12.6. The maximum Gasteiger partial charge on any atom is 0.119 e. The molecule has 1 unspecified atom stereocenters. The molecule has 0 saturated carbocycles. The molecule has 7 heteroatoms. The van der Waals surface area contributed by atoms with E-state index in [2.05, 4.69) is 10.5 Å². The van der Waals surface area contributed by atoms with E-state index in [1.165, 1.54) is 0 Å². The van der Waals surface area contributed by atoms with Crippen LogP contribution in [0, 0.1) is 0 Å². The first-order valence-corrected chi connectivity index (χ1v) is 6.98. The molecule has 0 saturated heterocycles. The van der Waals surface area contributed by atoms with Gasteiger partial charge in [0.15, 0.2) is 0 Å². The van der Waals surface area contributed by atoms with Gasteiger partial charge in [0.2, 0.25) is 0 Å². The summed E-state index contributed by atoms with van der Waals surface area (Å²) in [6.45, 7) is 1.49. The maximum absolute atomic E-state index is 6.20. The van der Waals surface area contributed by atoms with Gasteiger partial charge in [0.25, 0.3) is 0 Å². The van der Waals surface area contributed by atoms with Crippen LogP contribution in [-0.4, -0.2) is 30.1 Å². The molecule has 0 fully saturated rings. The lowest BCUT2D eigenvalue weighted by atomic mass is 10.2. The molecule has 1 aromatic carbocycles. The normalized spacial score (nSPS) is 12.3. The van der Waals surface area contributed by atoms with E-state index in [4.69, 9.17) is 26.9 Å². The summed E-state index contributed by atoms with van der Waals surface area (Å²) < 4.78 is 12.6. The summed E-state index contributed by atoms with van der Waals surface area (Å²) in [4.78, 5) is 0. The highest BCUT2D eigenvalue weighted by atomic mass is 35.5. The minimum atomic E-state index is -0.267. The van der Waals surface area contributed by atoms with E-state index in [1.807, 2.05) is 30.3 Å². The number of halogens is 1. The lowest BCUT2D eigenvalue weighted by Gasteiger charge is -2.19. The van der Waals surface area contributed by atoms with E-state index >= 15 is 0 Å². The van der Waals surface area contributed by atoms with Crippen molar-refractivity contribution in [1.29, 1.82) is 0 Å². The molecular formula is C14H19ClN4O2. The van der Waals surface area contributed by atoms with E-state index in [1.54, 1.807) is 18.0 Å². The molecule has 1 heterocycles. The fourth-order valence-electron chi connectivity index (χ4n) is 1.98. The third-order valence-electron chi connectivity index (χ3n) is 3.03. The van der Waals surface area contributed by atoms with Crippen molar-refractivity contribution in [3.63, 3.8) is 0 Å². The molecule has 0 bridgehead atoms. The van der Waals surface area contributed by atoms with Crippen molar-refractivity contribution in [2.24, 2.45) is 5.84 Å². The number of aromatic nitrogens is 2. The van der Waals surface area contributed by atoms with Gasteiger partial charge in [0.05, 0.1) is 36.1 Å². The topological polar surface area (TPSA) is 74.3 Å². The molecule has 0 radical (unpaired) electrons. The van der Waals surface area contributed by atoms with Crippen molar-refractivity contribution in [3.8, 4) is 5.75 Å². The molecule has 0 spiro atoms. The van der Waals surface area contributed by atoms with Crippen LogP contribution in [0.2, 0.25) is 5.02 Å². The summed E-state index contributed by atoms with van der Waals surface area (Å²) in [6.07, 6.45) is 1.60.